The summed E-state index contributed by atoms with van der Waals surface area (Å²) in [6.45, 7) is 2.49. The number of hydrogen-bond donors (Lipinski definition) is 1. The second-order valence-corrected chi connectivity index (χ2v) is 6.91. The highest BCUT2D eigenvalue weighted by molar-refractivity contribution is 6.22. The molecule has 2 aliphatic rings. The highest BCUT2D eigenvalue weighted by atomic mass is 16.6. The van der Waals surface area contributed by atoms with Crippen LogP contribution in [0.3, 0.4) is 0 Å². The van der Waals surface area contributed by atoms with Crippen molar-refractivity contribution >= 4 is 23.2 Å². The van der Waals surface area contributed by atoms with Crippen LogP contribution in [0.4, 0.5) is 11.4 Å². The van der Waals surface area contributed by atoms with E-state index in [1.807, 2.05) is 4.90 Å². The molecular weight excluding hydrogens is 338 g/mol. The Kier molecular flexibility index (Phi) is 5.33. The van der Waals surface area contributed by atoms with Crippen LogP contribution in [-0.2, 0) is 9.59 Å². The molecule has 0 aliphatic carbocycles. The maximum Gasteiger partial charge on any atom is 0.271 e. The minimum Gasteiger partial charge on any atom is -0.396 e. The maximum atomic E-state index is 13.0. The van der Waals surface area contributed by atoms with Crippen molar-refractivity contribution < 1.29 is 19.6 Å². The molecule has 2 amide bonds. The van der Waals surface area contributed by atoms with Gasteiger partial charge in [0.25, 0.3) is 11.6 Å². The van der Waals surface area contributed by atoms with Crippen molar-refractivity contribution in [1.82, 2.24) is 4.90 Å². The smallest absolute Gasteiger partial charge is 0.271 e. The first-order valence-corrected chi connectivity index (χ1v) is 8.92. The first-order chi connectivity index (χ1) is 12.4. The van der Waals surface area contributed by atoms with Crippen LogP contribution in [0.1, 0.15) is 37.7 Å². The highest BCUT2D eigenvalue weighted by Gasteiger charge is 2.45. The average molecular weight is 361 g/mol. The second kappa shape index (κ2) is 7.51. The maximum absolute atomic E-state index is 13.0. The number of aliphatic hydroxyl groups is 1. The summed E-state index contributed by atoms with van der Waals surface area (Å²) in [5, 5.41) is 20.3. The fraction of sp³-hybridized carbons (Fsp3) is 0.556. The standard InChI is InChI=1S/C18H23N3O5/c1-12-5-6-14(21(25)26)10-15(12)20-17(23)11-16(18(20)24)19-8-3-2-4-13(19)7-9-22/h5-6,10,13,16,22H,2-4,7-9,11H2,1H3/t13-,16-/m0/s1. The molecule has 8 nitrogen and oxygen atoms in total. The molecule has 8 heteroatoms. The molecule has 1 aromatic rings. The predicted octanol–water partition coefficient (Wildman–Crippen LogP) is 1.77. The number of non-ortho nitro benzene ring substituents is 1. The van der Waals surface area contributed by atoms with E-state index in [9.17, 15) is 24.8 Å². The van der Waals surface area contributed by atoms with E-state index in [2.05, 4.69) is 0 Å². The summed E-state index contributed by atoms with van der Waals surface area (Å²) in [6.07, 6.45) is 3.55. The van der Waals surface area contributed by atoms with Gasteiger partial charge in [-0.05, 0) is 38.3 Å². The summed E-state index contributed by atoms with van der Waals surface area (Å²) in [5.74, 6) is -0.666. The number of benzene rings is 1. The molecule has 2 atom stereocenters. The molecule has 2 fully saturated rings. The first kappa shape index (κ1) is 18.5. The lowest BCUT2D eigenvalue weighted by Crippen LogP contribution is -2.50. The molecular formula is C18H23N3O5. The normalized spacial score (nSPS) is 24.3. The summed E-state index contributed by atoms with van der Waals surface area (Å²) in [7, 11) is 0. The molecule has 0 bridgehead atoms. The molecule has 1 N–H and O–H groups in total. The number of anilines is 1. The van der Waals surface area contributed by atoms with Gasteiger partial charge in [-0.15, -0.1) is 0 Å². The number of carbonyl (C=O) groups excluding carboxylic acids is 2. The number of amides is 2. The summed E-state index contributed by atoms with van der Waals surface area (Å²) in [5.41, 5.74) is 0.779. The quantitative estimate of drug-likeness (QED) is 0.487. The summed E-state index contributed by atoms with van der Waals surface area (Å²) in [4.78, 5) is 39.3. The Morgan fingerprint density at radius 2 is 2.08 bits per heavy atom. The third kappa shape index (κ3) is 3.34. The molecule has 0 aromatic heterocycles. The van der Waals surface area contributed by atoms with E-state index in [0.717, 1.165) is 30.7 Å². The number of likely N-dealkylation sites (tertiary alicyclic amines) is 1. The lowest BCUT2D eigenvalue weighted by Gasteiger charge is -2.38. The number of piperidine rings is 1. The topological polar surface area (TPSA) is 104 Å². The van der Waals surface area contributed by atoms with E-state index in [1.165, 1.54) is 12.1 Å². The van der Waals surface area contributed by atoms with Crippen LogP contribution in [0.5, 0.6) is 0 Å². The predicted molar refractivity (Wildman–Crippen MR) is 94.8 cm³/mol. The zero-order chi connectivity index (χ0) is 18.8. The van der Waals surface area contributed by atoms with Gasteiger partial charge in [0.15, 0.2) is 0 Å². The monoisotopic (exact) mass is 361 g/mol. The van der Waals surface area contributed by atoms with Crippen molar-refractivity contribution in [3.05, 3.63) is 33.9 Å². The largest absolute Gasteiger partial charge is 0.396 e. The lowest BCUT2D eigenvalue weighted by atomic mass is 9.97. The van der Waals surface area contributed by atoms with E-state index in [-0.39, 0.29) is 42.3 Å². The second-order valence-electron chi connectivity index (χ2n) is 6.91. The van der Waals surface area contributed by atoms with Gasteiger partial charge < -0.3 is 5.11 Å². The van der Waals surface area contributed by atoms with Gasteiger partial charge in [-0.1, -0.05) is 12.5 Å². The fourth-order valence-corrected chi connectivity index (χ4v) is 3.97. The van der Waals surface area contributed by atoms with Crippen LogP contribution < -0.4 is 4.90 Å². The molecule has 3 rings (SSSR count). The lowest BCUT2D eigenvalue weighted by molar-refractivity contribution is -0.384. The number of rotatable bonds is 5. The summed E-state index contributed by atoms with van der Waals surface area (Å²) < 4.78 is 0. The van der Waals surface area contributed by atoms with Gasteiger partial charge in [0.2, 0.25) is 5.91 Å². The number of nitrogens with zero attached hydrogens (tertiary/aromatic N) is 3. The fourth-order valence-electron chi connectivity index (χ4n) is 3.97. The Labute approximate surface area is 151 Å². The highest BCUT2D eigenvalue weighted by Crippen LogP contribution is 2.33. The number of nitro groups is 1. The summed E-state index contributed by atoms with van der Waals surface area (Å²) >= 11 is 0. The van der Waals surface area contributed by atoms with E-state index in [0.29, 0.717) is 12.0 Å². The van der Waals surface area contributed by atoms with Crippen LogP contribution in [0.25, 0.3) is 0 Å². The van der Waals surface area contributed by atoms with Crippen molar-refractivity contribution in [2.75, 3.05) is 18.1 Å². The molecule has 2 aliphatic heterocycles. The number of imide groups is 1. The number of hydrogen-bond acceptors (Lipinski definition) is 6. The van der Waals surface area contributed by atoms with Crippen LogP contribution in [0.2, 0.25) is 0 Å². The Bertz CT molecular complexity index is 734. The third-order valence-electron chi connectivity index (χ3n) is 5.30. The molecule has 1 aromatic carbocycles. The molecule has 2 heterocycles. The van der Waals surface area contributed by atoms with E-state index in [4.69, 9.17) is 0 Å². The number of aryl methyl sites for hydroxylation is 1. The summed E-state index contributed by atoms with van der Waals surface area (Å²) in [6, 6.07) is 3.73. The molecule has 2 saturated heterocycles. The van der Waals surface area contributed by atoms with Gasteiger partial charge in [0.05, 0.1) is 23.1 Å². The Hall–Kier alpha value is -2.32. The zero-order valence-electron chi connectivity index (χ0n) is 14.8. The van der Waals surface area contributed by atoms with Crippen LogP contribution in [0.15, 0.2) is 18.2 Å². The van der Waals surface area contributed by atoms with Crippen LogP contribution >= 0.6 is 0 Å². The van der Waals surface area contributed by atoms with Gasteiger partial charge in [0.1, 0.15) is 0 Å². The molecule has 26 heavy (non-hydrogen) atoms. The van der Waals surface area contributed by atoms with E-state index in [1.54, 1.807) is 13.0 Å². The average Bonchev–Trinajstić information content (AvgIpc) is 2.90. The van der Waals surface area contributed by atoms with Crippen molar-refractivity contribution in [3.63, 3.8) is 0 Å². The minimum absolute atomic E-state index is 0.0454. The zero-order valence-corrected chi connectivity index (χ0v) is 14.8. The Balaban J connectivity index is 1.90. The van der Waals surface area contributed by atoms with Crippen molar-refractivity contribution in [1.29, 1.82) is 0 Å². The molecule has 0 spiro atoms. The molecule has 0 radical (unpaired) electrons. The van der Waals surface area contributed by atoms with Gasteiger partial charge in [-0.25, -0.2) is 4.90 Å². The van der Waals surface area contributed by atoms with Crippen molar-refractivity contribution in [3.8, 4) is 0 Å². The first-order valence-electron chi connectivity index (χ1n) is 8.92. The SMILES string of the molecule is Cc1ccc([N+](=O)[O-])cc1N1C(=O)C[C@H](N2CCCC[C@H]2CCO)C1=O. The molecule has 0 unspecified atom stereocenters. The third-order valence-corrected chi connectivity index (χ3v) is 5.30. The van der Waals surface area contributed by atoms with Gasteiger partial charge in [-0.3, -0.25) is 24.6 Å². The van der Waals surface area contributed by atoms with E-state index >= 15 is 0 Å². The van der Waals surface area contributed by atoms with Gasteiger partial charge >= 0.3 is 0 Å². The molecule has 140 valence electrons. The molecule has 0 saturated carbocycles. The van der Waals surface area contributed by atoms with E-state index < -0.39 is 11.0 Å². The van der Waals surface area contributed by atoms with Gasteiger partial charge in [-0.2, -0.15) is 0 Å². The minimum atomic E-state index is -0.557. The number of carbonyl (C=O) groups is 2. The number of nitro benzene ring substituents is 1. The number of aliphatic hydroxyl groups excluding tert-OH is 1. The van der Waals surface area contributed by atoms with Crippen molar-refractivity contribution in [2.24, 2.45) is 0 Å². The van der Waals surface area contributed by atoms with Crippen LogP contribution in [-0.4, -0.2) is 52.0 Å². The Morgan fingerprint density at radius 3 is 2.77 bits per heavy atom. The van der Waals surface area contributed by atoms with Gasteiger partial charge in [0, 0.05) is 24.8 Å². The Morgan fingerprint density at radius 1 is 1.31 bits per heavy atom. The van der Waals surface area contributed by atoms with Crippen molar-refractivity contribution in [2.45, 2.75) is 51.1 Å². The van der Waals surface area contributed by atoms with Crippen LogP contribution in [0, 0.1) is 17.0 Å².